The molecule has 4 fully saturated rings. The first-order valence-corrected chi connectivity index (χ1v) is 13.5. The van der Waals surface area contributed by atoms with Gasteiger partial charge in [-0.1, -0.05) is 20.8 Å². The zero-order chi connectivity index (χ0) is 21.7. The predicted molar refractivity (Wildman–Crippen MR) is 130 cm³/mol. The van der Waals surface area contributed by atoms with Crippen LogP contribution in [0.5, 0.6) is 0 Å². The number of rotatable bonds is 6. The summed E-state index contributed by atoms with van der Waals surface area (Å²) in [5.74, 6) is 2.89. The number of nitrogens with zero attached hydrogens (tertiary/aromatic N) is 2. The molecule has 0 amide bonds. The van der Waals surface area contributed by atoms with Crippen LogP contribution in [0.1, 0.15) is 106 Å². The molecule has 0 aromatic carbocycles. The van der Waals surface area contributed by atoms with Crippen LogP contribution in [0.4, 0.5) is 0 Å². The van der Waals surface area contributed by atoms with Crippen LogP contribution >= 0.6 is 0 Å². The van der Waals surface area contributed by atoms with Crippen molar-refractivity contribution in [1.29, 1.82) is 0 Å². The molecule has 0 aromatic heterocycles. The smallest absolute Gasteiger partial charge is 0.00532 e. The molecule has 30 heavy (non-hydrogen) atoms. The van der Waals surface area contributed by atoms with Crippen molar-refractivity contribution in [3.8, 4) is 0 Å². The molecule has 2 nitrogen and oxygen atoms in total. The van der Waals surface area contributed by atoms with Gasteiger partial charge < -0.3 is 4.90 Å². The summed E-state index contributed by atoms with van der Waals surface area (Å²) in [6, 6.07) is 1.48. The summed E-state index contributed by atoms with van der Waals surface area (Å²) in [5.41, 5.74) is 1.97. The van der Waals surface area contributed by atoms with Crippen molar-refractivity contribution in [2.45, 2.75) is 118 Å². The molecule has 2 saturated heterocycles. The molecule has 2 heteroatoms. The van der Waals surface area contributed by atoms with E-state index < -0.39 is 0 Å². The van der Waals surface area contributed by atoms with Gasteiger partial charge in [0.25, 0.3) is 0 Å². The van der Waals surface area contributed by atoms with Crippen molar-refractivity contribution in [1.82, 2.24) is 9.80 Å². The van der Waals surface area contributed by atoms with E-state index in [-0.39, 0.29) is 0 Å². The minimum atomic E-state index is 0.542. The van der Waals surface area contributed by atoms with Crippen molar-refractivity contribution in [2.75, 3.05) is 26.2 Å². The van der Waals surface area contributed by atoms with Gasteiger partial charge in [0.15, 0.2) is 0 Å². The zero-order valence-corrected chi connectivity index (χ0v) is 21.5. The summed E-state index contributed by atoms with van der Waals surface area (Å²) in [7, 11) is 0. The van der Waals surface area contributed by atoms with Gasteiger partial charge in [-0.05, 0) is 133 Å². The maximum absolute atomic E-state index is 2.70. The molecular weight excluding hydrogens is 364 g/mol. The van der Waals surface area contributed by atoms with E-state index in [1.54, 1.807) is 0 Å². The Labute approximate surface area is 188 Å². The fraction of sp³-hybridized carbons (Fsp3) is 1.00. The second kappa shape index (κ2) is 8.36. The molecule has 174 valence electrons. The molecule has 2 spiro atoms. The fourth-order valence-electron chi connectivity index (χ4n) is 7.94. The number of hydrogen-bond donors (Lipinski definition) is 0. The zero-order valence-electron chi connectivity index (χ0n) is 21.5. The van der Waals surface area contributed by atoms with Crippen molar-refractivity contribution >= 4 is 0 Å². The molecule has 0 N–H and O–H groups in total. The highest BCUT2D eigenvalue weighted by Gasteiger charge is 2.51. The summed E-state index contributed by atoms with van der Waals surface area (Å²) >= 11 is 0. The van der Waals surface area contributed by atoms with Gasteiger partial charge in [0.05, 0.1) is 0 Å². The first kappa shape index (κ1) is 23.1. The molecule has 0 radical (unpaired) electrons. The molecule has 4 rings (SSSR count). The SMILES string of the molecule is CC(CC(C)(C)C1CC2(CCN(C(C)C)CC2)C1)C1CCC2(CC1)CN(C(C)C)C2. The number of likely N-dealkylation sites (tertiary alicyclic amines) is 2. The molecule has 1 unspecified atom stereocenters. The fourth-order valence-corrected chi connectivity index (χ4v) is 7.94. The molecule has 1 atom stereocenters. The van der Waals surface area contributed by atoms with Crippen LogP contribution < -0.4 is 0 Å². The standard InChI is InChI=1S/C28H52N2/c1-21(2)29-14-12-27(13-15-29)17-25(18-27)26(6,7)16-23(5)24-8-10-28(11-9-24)19-30(20-28)22(3)4/h21-25H,8-20H2,1-7H3. The average Bonchev–Trinajstić information content (AvgIpc) is 2.63. The van der Waals surface area contributed by atoms with E-state index >= 15 is 0 Å². The van der Waals surface area contributed by atoms with Gasteiger partial charge >= 0.3 is 0 Å². The lowest BCUT2D eigenvalue weighted by atomic mass is 9.50. The van der Waals surface area contributed by atoms with Gasteiger partial charge in [0.1, 0.15) is 0 Å². The first-order chi connectivity index (χ1) is 14.0. The Kier molecular flexibility index (Phi) is 6.44. The first-order valence-electron chi connectivity index (χ1n) is 13.5. The Bertz CT molecular complexity index is 559. The lowest BCUT2D eigenvalue weighted by Gasteiger charge is -2.58. The van der Waals surface area contributed by atoms with Gasteiger partial charge in [-0.15, -0.1) is 0 Å². The Morgan fingerprint density at radius 1 is 0.767 bits per heavy atom. The summed E-state index contributed by atoms with van der Waals surface area (Å²) in [5, 5.41) is 0. The van der Waals surface area contributed by atoms with E-state index in [9.17, 15) is 0 Å². The second-order valence-corrected chi connectivity index (χ2v) is 13.7. The van der Waals surface area contributed by atoms with Gasteiger partial charge in [-0.2, -0.15) is 0 Å². The highest BCUT2D eigenvalue weighted by Crippen LogP contribution is 2.60. The van der Waals surface area contributed by atoms with Gasteiger partial charge in [-0.25, -0.2) is 0 Å². The molecule has 2 aliphatic carbocycles. The lowest BCUT2D eigenvalue weighted by molar-refractivity contribution is -0.0803. The van der Waals surface area contributed by atoms with Crippen molar-refractivity contribution in [3.63, 3.8) is 0 Å². The van der Waals surface area contributed by atoms with Crippen LogP contribution in [-0.2, 0) is 0 Å². The van der Waals surface area contributed by atoms with Gasteiger partial charge in [0, 0.05) is 25.2 Å². The molecule has 0 bridgehead atoms. The minimum Gasteiger partial charge on any atom is -0.301 e. The summed E-state index contributed by atoms with van der Waals surface area (Å²) in [6.45, 7) is 22.7. The van der Waals surface area contributed by atoms with Crippen LogP contribution in [0.3, 0.4) is 0 Å². The molecular formula is C28H52N2. The summed E-state index contributed by atoms with van der Waals surface area (Å²) in [4.78, 5) is 5.38. The van der Waals surface area contributed by atoms with Crippen LogP contribution in [0.2, 0.25) is 0 Å². The molecule has 4 aliphatic rings. The average molecular weight is 417 g/mol. The van der Waals surface area contributed by atoms with Crippen LogP contribution in [0.15, 0.2) is 0 Å². The number of piperidine rings is 1. The van der Waals surface area contributed by atoms with Crippen molar-refractivity contribution in [3.05, 3.63) is 0 Å². The van der Waals surface area contributed by atoms with E-state index in [2.05, 4.69) is 58.3 Å². The molecule has 0 aromatic rings. The topological polar surface area (TPSA) is 6.48 Å². The van der Waals surface area contributed by atoms with Gasteiger partial charge in [-0.3, -0.25) is 4.90 Å². The van der Waals surface area contributed by atoms with E-state index in [1.165, 1.54) is 84.0 Å². The van der Waals surface area contributed by atoms with E-state index in [0.29, 0.717) is 10.8 Å². The Morgan fingerprint density at radius 2 is 1.30 bits per heavy atom. The third-order valence-electron chi connectivity index (χ3n) is 10.6. The third-order valence-corrected chi connectivity index (χ3v) is 10.6. The second-order valence-electron chi connectivity index (χ2n) is 13.7. The number of hydrogen-bond acceptors (Lipinski definition) is 2. The van der Waals surface area contributed by atoms with E-state index in [4.69, 9.17) is 0 Å². The molecule has 2 saturated carbocycles. The van der Waals surface area contributed by atoms with Gasteiger partial charge in [0.2, 0.25) is 0 Å². The van der Waals surface area contributed by atoms with Crippen LogP contribution in [-0.4, -0.2) is 48.1 Å². The quantitative estimate of drug-likeness (QED) is 0.467. The minimum absolute atomic E-state index is 0.542. The van der Waals surface area contributed by atoms with Crippen LogP contribution in [0, 0.1) is 34.0 Å². The maximum Gasteiger partial charge on any atom is 0.00532 e. The Morgan fingerprint density at radius 3 is 1.80 bits per heavy atom. The highest BCUT2D eigenvalue weighted by molar-refractivity contribution is 5.03. The summed E-state index contributed by atoms with van der Waals surface area (Å²) in [6.07, 6.45) is 13.5. The van der Waals surface area contributed by atoms with E-state index in [1.807, 2.05) is 0 Å². The van der Waals surface area contributed by atoms with E-state index in [0.717, 1.165) is 35.3 Å². The third kappa shape index (κ3) is 4.52. The predicted octanol–water partition coefficient (Wildman–Crippen LogP) is 6.84. The van der Waals surface area contributed by atoms with Crippen molar-refractivity contribution in [2.24, 2.45) is 34.0 Å². The molecule has 2 aliphatic heterocycles. The maximum atomic E-state index is 2.70. The summed E-state index contributed by atoms with van der Waals surface area (Å²) < 4.78 is 0. The Balaban J connectivity index is 1.21. The Hall–Kier alpha value is -0.0800. The largest absolute Gasteiger partial charge is 0.301 e. The monoisotopic (exact) mass is 416 g/mol. The van der Waals surface area contributed by atoms with Crippen LogP contribution in [0.25, 0.3) is 0 Å². The molecule has 2 heterocycles. The normalized spacial score (nSPS) is 31.3. The van der Waals surface area contributed by atoms with Crippen molar-refractivity contribution < 1.29 is 0 Å². The highest BCUT2D eigenvalue weighted by atomic mass is 15.2. The lowest BCUT2D eigenvalue weighted by Crippen LogP contribution is -2.59.